The number of rotatable bonds is 7. The number of aliphatic hydroxyl groups excluding tert-OH is 1. The van der Waals surface area contributed by atoms with Gasteiger partial charge >= 0.3 is 0 Å². The van der Waals surface area contributed by atoms with Crippen molar-refractivity contribution in [2.75, 3.05) is 37.4 Å². The third kappa shape index (κ3) is 3.05. The predicted octanol–water partition coefficient (Wildman–Crippen LogP) is -0.254. The molecule has 0 fully saturated rings. The Morgan fingerprint density at radius 1 is 1.39 bits per heavy atom. The first-order valence-electron chi connectivity index (χ1n) is 5.70. The van der Waals surface area contributed by atoms with Crippen LogP contribution in [-0.4, -0.2) is 51.6 Å². The smallest absolute Gasteiger partial charge is 0.224 e. The standard InChI is InChI=1S/C10H16N6O2/c11-10-14-8(7-6-13-16-9(7)15-10)12-2-1-4-18-5-3-17/h6,17H,1-5H2,(H4,11,12,13,14,15,16). The van der Waals surface area contributed by atoms with Crippen LogP contribution in [0.15, 0.2) is 6.20 Å². The van der Waals surface area contributed by atoms with Crippen molar-refractivity contribution in [3.63, 3.8) is 0 Å². The summed E-state index contributed by atoms with van der Waals surface area (Å²) in [5.74, 6) is 0.860. The Hall–Kier alpha value is -1.93. The number of aliphatic hydroxyl groups is 1. The quantitative estimate of drug-likeness (QED) is 0.501. The second-order valence-electron chi connectivity index (χ2n) is 3.68. The molecule has 2 aromatic rings. The molecule has 0 saturated carbocycles. The number of nitrogen functional groups attached to an aromatic ring is 1. The highest BCUT2D eigenvalue weighted by atomic mass is 16.5. The molecule has 2 aromatic heterocycles. The van der Waals surface area contributed by atoms with Crippen molar-refractivity contribution in [2.45, 2.75) is 6.42 Å². The minimum Gasteiger partial charge on any atom is -0.394 e. The summed E-state index contributed by atoms with van der Waals surface area (Å²) in [6.45, 7) is 1.70. The van der Waals surface area contributed by atoms with Gasteiger partial charge < -0.3 is 20.9 Å². The van der Waals surface area contributed by atoms with E-state index in [0.717, 1.165) is 11.8 Å². The number of nitrogens with two attached hydrogens (primary N) is 1. The number of aromatic nitrogens is 4. The van der Waals surface area contributed by atoms with Crippen LogP contribution in [0.5, 0.6) is 0 Å². The molecule has 0 spiro atoms. The van der Waals surface area contributed by atoms with Crippen LogP contribution in [0.4, 0.5) is 11.8 Å². The van der Waals surface area contributed by atoms with Crippen molar-refractivity contribution in [1.29, 1.82) is 0 Å². The lowest BCUT2D eigenvalue weighted by Crippen LogP contribution is -2.09. The number of nitrogens with zero attached hydrogens (tertiary/aromatic N) is 3. The van der Waals surface area contributed by atoms with Gasteiger partial charge in [0.15, 0.2) is 5.65 Å². The van der Waals surface area contributed by atoms with Gasteiger partial charge in [-0.15, -0.1) is 0 Å². The number of hydrogen-bond acceptors (Lipinski definition) is 7. The average Bonchev–Trinajstić information content (AvgIpc) is 2.81. The van der Waals surface area contributed by atoms with Crippen LogP contribution in [0.1, 0.15) is 6.42 Å². The van der Waals surface area contributed by atoms with Gasteiger partial charge in [0.25, 0.3) is 0 Å². The third-order valence-corrected chi connectivity index (χ3v) is 2.32. The van der Waals surface area contributed by atoms with Crippen molar-refractivity contribution in [1.82, 2.24) is 20.2 Å². The van der Waals surface area contributed by atoms with E-state index in [1.807, 2.05) is 0 Å². The normalized spacial score (nSPS) is 10.9. The molecule has 98 valence electrons. The van der Waals surface area contributed by atoms with Gasteiger partial charge in [-0.1, -0.05) is 0 Å². The van der Waals surface area contributed by atoms with E-state index in [9.17, 15) is 0 Å². The number of nitrogens with one attached hydrogen (secondary N) is 2. The summed E-state index contributed by atoms with van der Waals surface area (Å²) in [7, 11) is 0. The zero-order chi connectivity index (χ0) is 12.8. The highest BCUT2D eigenvalue weighted by Crippen LogP contribution is 2.18. The molecule has 0 aliphatic rings. The van der Waals surface area contributed by atoms with Crippen molar-refractivity contribution < 1.29 is 9.84 Å². The number of aromatic amines is 1. The Morgan fingerprint density at radius 3 is 3.11 bits per heavy atom. The van der Waals surface area contributed by atoms with Gasteiger partial charge in [0.1, 0.15) is 5.82 Å². The monoisotopic (exact) mass is 252 g/mol. The van der Waals surface area contributed by atoms with Gasteiger partial charge in [0, 0.05) is 13.2 Å². The second-order valence-corrected chi connectivity index (χ2v) is 3.68. The largest absolute Gasteiger partial charge is 0.394 e. The van der Waals surface area contributed by atoms with Crippen molar-refractivity contribution in [3.05, 3.63) is 6.20 Å². The summed E-state index contributed by atoms with van der Waals surface area (Å²) in [6.07, 6.45) is 2.46. The first-order chi connectivity index (χ1) is 8.81. The summed E-state index contributed by atoms with van der Waals surface area (Å²) < 4.78 is 5.15. The highest BCUT2D eigenvalue weighted by Gasteiger charge is 2.06. The van der Waals surface area contributed by atoms with E-state index >= 15 is 0 Å². The first kappa shape index (κ1) is 12.5. The van der Waals surface area contributed by atoms with Crippen molar-refractivity contribution in [3.8, 4) is 0 Å². The molecule has 0 bridgehead atoms. The summed E-state index contributed by atoms with van der Waals surface area (Å²) in [5, 5.41) is 19.1. The van der Waals surface area contributed by atoms with Gasteiger partial charge in [-0.25, -0.2) is 0 Å². The van der Waals surface area contributed by atoms with Gasteiger partial charge in [-0.2, -0.15) is 15.1 Å². The summed E-state index contributed by atoms with van der Waals surface area (Å²) in [4.78, 5) is 8.14. The molecule has 0 radical (unpaired) electrons. The molecule has 0 unspecified atom stereocenters. The van der Waals surface area contributed by atoms with E-state index in [0.29, 0.717) is 31.2 Å². The maximum Gasteiger partial charge on any atom is 0.224 e. The second kappa shape index (κ2) is 6.12. The summed E-state index contributed by atoms with van der Waals surface area (Å²) in [5.41, 5.74) is 6.20. The molecule has 0 aromatic carbocycles. The van der Waals surface area contributed by atoms with Gasteiger partial charge in [0.2, 0.25) is 5.95 Å². The van der Waals surface area contributed by atoms with Crippen LogP contribution >= 0.6 is 0 Å². The van der Waals surface area contributed by atoms with Crippen LogP contribution in [0, 0.1) is 0 Å². The molecule has 8 heteroatoms. The fraction of sp³-hybridized carbons (Fsp3) is 0.500. The molecule has 18 heavy (non-hydrogen) atoms. The zero-order valence-corrected chi connectivity index (χ0v) is 9.89. The number of H-pyrrole nitrogens is 1. The Balaban J connectivity index is 1.89. The van der Waals surface area contributed by atoms with E-state index in [2.05, 4.69) is 25.5 Å². The van der Waals surface area contributed by atoms with Crippen LogP contribution < -0.4 is 11.1 Å². The minimum atomic E-state index is 0.0471. The molecule has 0 amide bonds. The van der Waals surface area contributed by atoms with E-state index < -0.39 is 0 Å². The number of hydrogen-bond donors (Lipinski definition) is 4. The van der Waals surface area contributed by atoms with Crippen LogP contribution in [-0.2, 0) is 4.74 Å². The molecular weight excluding hydrogens is 236 g/mol. The molecule has 8 nitrogen and oxygen atoms in total. The molecule has 2 rings (SSSR count). The molecule has 0 aliphatic carbocycles. The lowest BCUT2D eigenvalue weighted by Gasteiger charge is -2.07. The Labute approximate surface area is 104 Å². The molecular formula is C10H16N6O2. The van der Waals surface area contributed by atoms with Gasteiger partial charge in [-0.05, 0) is 6.42 Å². The Kier molecular flexibility index (Phi) is 4.26. The fourth-order valence-electron chi connectivity index (χ4n) is 1.53. The first-order valence-corrected chi connectivity index (χ1v) is 5.70. The molecule has 0 saturated heterocycles. The molecule has 2 heterocycles. The maximum atomic E-state index is 8.54. The zero-order valence-electron chi connectivity index (χ0n) is 9.89. The van der Waals surface area contributed by atoms with Gasteiger partial charge in [0.05, 0.1) is 24.8 Å². The van der Waals surface area contributed by atoms with Crippen molar-refractivity contribution >= 4 is 22.8 Å². The van der Waals surface area contributed by atoms with Crippen LogP contribution in [0.25, 0.3) is 11.0 Å². The number of ether oxygens (including phenoxy) is 1. The van der Waals surface area contributed by atoms with Crippen LogP contribution in [0.2, 0.25) is 0 Å². The summed E-state index contributed by atoms with van der Waals surface area (Å²) in [6, 6.07) is 0. The topological polar surface area (TPSA) is 122 Å². The third-order valence-electron chi connectivity index (χ3n) is 2.32. The average molecular weight is 252 g/mol. The lowest BCUT2D eigenvalue weighted by atomic mass is 10.3. The molecule has 5 N–H and O–H groups in total. The lowest BCUT2D eigenvalue weighted by molar-refractivity contribution is 0.0922. The number of fused-ring (bicyclic) bond motifs is 1. The van der Waals surface area contributed by atoms with E-state index in [1.54, 1.807) is 6.20 Å². The molecule has 0 atom stereocenters. The Bertz CT molecular complexity index is 500. The fourth-order valence-corrected chi connectivity index (χ4v) is 1.53. The van der Waals surface area contributed by atoms with Crippen LogP contribution in [0.3, 0.4) is 0 Å². The Morgan fingerprint density at radius 2 is 2.28 bits per heavy atom. The van der Waals surface area contributed by atoms with E-state index in [1.165, 1.54) is 0 Å². The van der Waals surface area contributed by atoms with E-state index in [4.69, 9.17) is 15.6 Å². The van der Waals surface area contributed by atoms with E-state index in [-0.39, 0.29) is 12.6 Å². The SMILES string of the molecule is Nc1nc(NCCCOCCO)c2cn[nH]c2n1. The maximum absolute atomic E-state index is 8.54. The number of anilines is 2. The van der Waals surface area contributed by atoms with Gasteiger partial charge in [-0.3, -0.25) is 5.10 Å². The highest BCUT2D eigenvalue weighted by molar-refractivity contribution is 5.86. The predicted molar refractivity (Wildman–Crippen MR) is 67.1 cm³/mol. The minimum absolute atomic E-state index is 0.0471. The summed E-state index contributed by atoms with van der Waals surface area (Å²) >= 11 is 0. The van der Waals surface area contributed by atoms with Crippen molar-refractivity contribution in [2.24, 2.45) is 0 Å². The molecule has 0 aliphatic heterocycles.